The van der Waals surface area contributed by atoms with Crippen molar-refractivity contribution >= 4 is 17.5 Å². The highest BCUT2D eigenvalue weighted by molar-refractivity contribution is 6.17. The standard InChI is InChI=1S/C11H14ClNO3/c12-5-1-2-6-13-11(16)9-4-3-8(14)7-10(9)15/h3-4,7,14-15H,1-2,5-6H2,(H,13,16). The quantitative estimate of drug-likeness (QED) is 0.546. The van der Waals surface area contributed by atoms with Crippen molar-refractivity contribution in [3.05, 3.63) is 23.8 Å². The normalized spacial score (nSPS) is 10.1. The molecular formula is C11H14ClNO3. The number of carbonyl (C=O) groups is 1. The maximum atomic E-state index is 11.6. The largest absolute Gasteiger partial charge is 0.508 e. The average Bonchev–Trinajstić information content (AvgIpc) is 2.24. The molecule has 0 bridgehead atoms. The molecule has 0 aliphatic carbocycles. The topological polar surface area (TPSA) is 69.6 Å². The van der Waals surface area contributed by atoms with E-state index in [9.17, 15) is 9.90 Å². The summed E-state index contributed by atoms with van der Waals surface area (Å²) in [4.78, 5) is 11.6. The first-order valence-electron chi connectivity index (χ1n) is 5.01. The maximum absolute atomic E-state index is 11.6. The fourth-order valence-electron chi connectivity index (χ4n) is 1.23. The lowest BCUT2D eigenvalue weighted by Crippen LogP contribution is -2.24. The van der Waals surface area contributed by atoms with Gasteiger partial charge in [0, 0.05) is 18.5 Å². The van der Waals surface area contributed by atoms with Crippen LogP contribution >= 0.6 is 11.6 Å². The molecule has 0 heterocycles. The second-order valence-corrected chi connectivity index (χ2v) is 3.73. The monoisotopic (exact) mass is 243 g/mol. The van der Waals surface area contributed by atoms with Crippen LogP contribution in [0.15, 0.2) is 18.2 Å². The molecular weight excluding hydrogens is 230 g/mol. The molecule has 0 aromatic heterocycles. The van der Waals surface area contributed by atoms with Crippen LogP contribution in [0.4, 0.5) is 0 Å². The Hall–Kier alpha value is -1.42. The van der Waals surface area contributed by atoms with Crippen molar-refractivity contribution in [1.82, 2.24) is 5.32 Å². The Bertz CT molecular complexity index is 368. The number of phenolic OH excluding ortho intramolecular Hbond substituents is 2. The summed E-state index contributed by atoms with van der Waals surface area (Å²) in [5, 5.41) is 21.1. The van der Waals surface area contributed by atoms with Gasteiger partial charge in [0.25, 0.3) is 5.91 Å². The summed E-state index contributed by atoms with van der Waals surface area (Å²) in [5.74, 6) is -0.0848. The lowest BCUT2D eigenvalue weighted by molar-refractivity contribution is 0.0950. The molecule has 0 radical (unpaired) electrons. The van der Waals surface area contributed by atoms with Gasteiger partial charge in [-0.2, -0.15) is 0 Å². The van der Waals surface area contributed by atoms with E-state index in [-0.39, 0.29) is 23.0 Å². The third-order valence-corrected chi connectivity index (χ3v) is 2.34. The van der Waals surface area contributed by atoms with Gasteiger partial charge in [-0.05, 0) is 25.0 Å². The van der Waals surface area contributed by atoms with E-state index >= 15 is 0 Å². The molecule has 0 saturated heterocycles. The number of aromatic hydroxyl groups is 2. The highest BCUT2D eigenvalue weighted by atomic mass is 35.5. The SMILES string of the molecule is O=C(NCCCCCl)c1ccc(O)cc1O. The van der Waals surface area contributed by atoms with Crippen LogP contribution in [0.1, 0.15) is 23.2 Å². The summed E-state index contributed by atoms with van der Waals surface area (Å²) in [6, 6.07) is 3.86. The zero-order chi connectivity index (χ0) is 12.0. The predicted molar refractivity (Wildman–Crippen MR) is 62.1 cm³/mol. The number of unbranched alkanes of at least 4 members (excludes halogenated alkanes) is 1. The number of halogens is 1. The Labute approximate surface area is 98.9 Å². The smallest absolute Gasteiger partial charge is 0.255 e. The summed E-state index contributed by atoms with van der Waals surface area (Å²) in [7, 11) is 0. The number of hydrogen-bond acceptors (Lipinski definition) is 3. The number of phenols is 2. The van der Waals surface area contributed by atoms with Gasteiger partial charge in [-0.25, -0.2) is 0 Å². The van der Waals surface area contributed by atoms with Gasteiger partial charge in [-0.1, -0.05) is 0 Å². The van der Waals surface area contributed by atoms with Crippen LogP contribution in [-0.2, 0) is 0 Å². The Morgan fingerprint density at radius 1 is 1.31 bits per heavy atom. The molecule has 4 nitrogen and oxygen atoms in total. The first-order valence-corrected chi connectivity index (χ1v) is 5.54. The van der Waals surface area contributed by atoms with E-state index in [1.807, 2.05) is 0 Å². The second kappa shape index (κ2) is 6.23. The van der Waals surface area contributed by atoms with Crippen LogP contribution in [0.3, 0.4) is 0 Å². The van der Waals surface area contributed by atoms with Gasteiger partial charge in [0.2, 0.25) is 0 Å². The third kappa shape index (κ3) is 3.62. The molecule has 0 atom stereocenters. The van der Waals surface area contributed by atoms with Crippen molar-refractivity contribution in [2.24, 2.45) is 0 Å². The van der Waals surface area contributed by atoms with Crippen LogP contribution < -0.4 is 5.32 Å². The molecule has 0 saturated carbocycles. The number of alkyl halides is 1. The maximum Gasteiger partial charge on any atom is 0.255 e. The minimum absolute atomic E-state index is 0.0730. The molecule has 1 aromatic rings. The van der Waals surface area contributed by atoms with Crippen LogP contribution in [0.2, 0.25) is 0 Å². The third-order valence-electron chi connectivity index (χ3n) is 2.07. The van der Waals surface area contributed by atoms with Gasteiger partial charge in [0.15, 0.2) is 0 Å². The van der Waals surface area contributed by atoms with Crippen molar-refractivity contribution < 1.29 is 15.0 Å². The van der Waals surface area contributed by atoms with E-state index in [1.165, 1.54) is 12.1 Å². The van der Waals surface area contributed by atoms with Crippen LogP contribution in [0.25, 0.3) is 0 Å². The van der Waals surface area contributed by atoms with Gasteiger partial charge in [0.1, 0.15) is 11.5 Å². The van der Waals surface area contributed by atoms with E-state index in [0.717, 1.165) is 18.9 Å². The minimum atomic E-state index is -0.355. The molecule has 1 aromatic carbocycles. The summed E-state index contributed by atoms with van der Waals surface area (Å²) in [6.07, 6.45) is 1.64. The number of nitrogens with one attached hydrogen (secondary N) is 1. The van der Waals surface area contributed by atoms with Crippen LogP contribution in [-0.4, -0.2) is 28.5 Å². The van der Waals surface area contributed by atoms with Crippen molar-refractivity contribution in [2.75, 3.05) is 12.4 Å². The van der Waals surface area contributed by atoms with E-state index in [2.05, 4.69) is 5.32 Å². The van der Waals surface area contributed by atoms with E-state index < -0.39 is 0 Å². The summed E-state index contributed by atoms with van der Waals surface area (Å²) < 4.78 is 0. The van der Waals surface area contributed by atoms with Gasteiger partial charge in [-0.15, -0.1) is 11.6 Å². The van der Waals surface area contributed by atoms with Gasteiger partial charge in [-0.3, -0.25) is 4.79 Å². The second-order valence-electron chi connectivity index (χ2n) is 3.35. The highest BCUT2D eigenvalue weighted by Crippen LogP contribution is 2.22. The molecule has 0 aliphatic rings. The summed E-state index contributed by atoms with van der Waals surface area (Å²) in [6.45, 7) is 0.520. The molecule has 1 amide bonds. The zero-order valence-corrected chi connectivity index (χ0v) is 9.50. The van der Waals surface area contributed by atoms with Crippen LogP contribution in [0, 0.1) is 0 Å². The van der Waals surface area contributed by atoms with Crippen molar-refractivity contribution in [1.29, 1.82) is 0 Å². The highest BCUT2D eigenvalue weighted by Gasteiger charge is 2.10. The van der Waals surface area contributed by atoms with E-state index in [0.29, 0.717) is 12.4 Å². The lowest BCUT2D eigenvalue weighted by Gasteiger charge is -2.06. The molecule has 0 fully saturated rings. The first kappa shape index (κ1) is 12.6. The Balaban J connectivity index is 2.53. The van der Waals surface area contributed by atoms with Crippen molar-refractivity contribution in [3.63, 3.8) is 0 Å². The number of amides is 1. The number of hydrogen-bond donors (Lipinski definition) is 3. The van der Waals surface area contributed by atoms with E-state index in [1.54, 1.807) is 0 Å². The lowest BCUT2D eigenvalue weighted by atomic mass is 10.1. The Morgan fingerprint density at radius 2 is 2.06 bits per heavy atom. The minimum Gasteiger partial charge on any atom is -0.508 e. The van der Waals surface area contributed by atoms with Crippen molar-refractivity contribution in [3.8, 4) is 11.5 Å². The molecule has 0 unspecified atom stereocenters. The molecule has 5 heteroatoms. The number of rotatable bonds is 5. The zero-order valence-electron chi connectivity index (χ0n) is 8.74. The Morgan fingerprint density at radius 3 is 2.69 bits per heavy atom. The molecule has 0 aliphatic heterocycles. The number of benzene rings is 1. The average molecular weight is 244 g/mol. The summed E-state index contributed by atoms with van der Waals surface area (Å²) in [5.41, 5.74) is 0.156. The van der Waals surface area contributed by atoms with Crippen LogP contribution in [0.5, 0.6) is 11.5 Å². The summed E-state index contributed by atoms with van der Waals surface area (Å²) >= 11 is 5.50. The Kier molecular flexibility index (Phi) is 4.92. The molecule has 3 N–H and O–H groups in total. The van der Waals surface area contributed by atoms with Gasteiger partial charge < -0.3 is 15.5 Å². The molecule has 0 spiro atoms. The van der Waals surface area contributed by atoms with Gasteiger partial charge >= 0.3 is 0 Å². The fourth-order valence-corrected chi connectivity index (χ4v) is 1.42. The van der Waals surface area contributed by atoms with Gasteiger partial charge in [0.05, 0.1) is 5.56 Å². The molecule has 16 heavy (non-hydrogen) atoms. The fraction of sp³-hybridized carbons (Fsp3) is 0.364. The molecule has 1 rings (SSSR count). The first-order chi connectivity index (χ1) is 7.65. The van der Waals surface area contributed by atoms with E-state index in [4.69, 9.17) is 16.7 Å². The predicted octanol–water partition coefficient (Wildman–Crippen LogP) is 1.85. The molecule has 88 valence electrons. The number of carbonyl (C=O) groups excluding carboxylic acids is 1. The van der Waals surface area contributed by atoms with Crippen molar-refractivity contribution in [2.45, 2.75) is 12.8 Å².